The molecule has 0 saturated heterocycles. The van der Waals surface area contributed by atoms with Crippen molar-refractivity contribution in [3.8, 4) is 28.4 Å². The molecule has 3 aromatic rings. The maximum absolute atomic E-state index is 12.3. The van der Waals surface area contributed by atoms with Crippen LogP contribution in [0.5, 0.6) is 11.5 Å². The fourth-order valence-corrected chi connectivity index (χ4v) is 2.43. The normalized spacial score (nSPS) is 11.3. The van der Waals surface area contributed by atoms with Gasteiger partial charge in [-0.15, -0.1) is 18.3 Å². The van der Waals surface area contributed by atoms with E-state index in [2.05, 4.69) is 15.0 Å². The third-order valence-electron chi connectivity index (χ3n) is 3.53. The van der Waals surface area contributed by atoms with E-state index in [1.54, 1.807) is 24.3 Å². The van der Waals surface area contributed by atoms with Crippen LogP contribution in [0.1, 0.15) is 10.5 Å². The van der Waals surface area contributed by atoms with Gasteiger partial charge in [-0.25, -0.2) is 9.48 Å². The van der Waals surface area contributed by atoms with Gasteiger partial charge in [-0.2, -0.15) is 0 Å². The molecule has 1 N–H and O–H groups in total. The maximum atomic E-state index is 12.3. The number of carboxylic acids is 1. The van der Waals surface area contributed by atoms with Gasteiger partial charge in [-0.3, -0.25) is 0 Å². The van der Waals surface area contributed by atoms with Crippen LogP contribution < -0.4 is 9.47 Å². The van der Waals surface area contributed by atoms with Gasteiger partial charge < -0.3 is 14.6 Å². The lowest BCUT2D eigenvalue weighted by Crippen LogP contribution is -2.17. The standard InChI is InChI=1S/C17H12F3N3O4/c1-26-13-4-2-3-10(9-13)15-14(16(24)25)21-22-23(15)11-5-7-12(8-6-11)27-17(18,19)20/h2-9H,1H3,(H,24,25). The summed E-state index contributed by atoms with van der Waals surface area (Å²) in [6.45, 7) is 0. The molecule has 2 aromatic carbocycles. The number of hydrogen-bond acceptors (Lipinski definition) is 5. The number of carbonyl (C=O) groups is 1. The van der Waals surface area contributed by atoms with E-state index in [4.69, 9.17) is 4.74 Å². The average molecular weight is 379 g/mol. The molecule has 140 valence electrons. The number of alkyl halides is 3. The molecule has 0 aliphatic rings. The van der Waals surface area contributed by atoms with Gasteiger partial charge in [0, 0.05) is 5.56 Å². The van der Waals surface area contributed by atoms with E-state index < -0.39 is 18.1 Å². The molecule has 0 bridgehead atoms. The Morgan fingerprint density at radius 3 is 2.41 bits per heavy atom. The van der Waals surface area contributed by atoms with Crippen molar-refractivity contribution >= 4 is 5.97 Å². The Balaban J connectivity index is 2.07. The van der Waals surface area contributed by atoms with E-state index >= 15 is 0 Å². The van der Waals surface area contributed by atoms with Gasteiger partial charge in [0.1, 0.15) is 17.2 Å². The smallest absolute Gasteiger partial charge is 0.497 e. The van der Waals surface area contributed by atoms with Crippen LogP contribution in [0.4, 0.5) is 13.2 Å². The highest BCUT2D eigenvalue weighted by Crippen LogP contribution is 2.29. The predicted octanol–water partition coefficient (Wildman–Crippen LogP) is 3.54. The topological polar surface area (TPSA) is 86.5 Å². The molecule has 1 aromatic heterocycles. The summed E-state index contributed by atoms with van der Waals surface area (Å²) in [5.41, 5.74) is 0.625. The SMILES string of the molecule is COc1cccc(-c2c(C(=O)O)nnn2-c2ccc(OC(F)(F)F)cc2)c1. The summed E-state index contributed by atoms with van der Waals surface area (Å²) in [4.78, 5) is 11.5. The molecule has 0 radical (unpaired) electrons. The number of halogens is 3. The highest BCUT2D eigenvalue weighted by Gasteiger charge is 2.31. The van der Waals surface area contributed by atoms with Crippen molar-refractivity contribution in [2.75, 3.05) is 7.11 Å². The number of aromatic nitrogens is 3. The quantitative estimate of drug-likeness (QED) is 0.730. The Morgan fingerprint density at radius 2 is 1.81 bits per heavy atom. The third kappa shape index (κ3) is 4.00. The second kappa shape index (κ2) is 6.98. The van der Waals surface area contributed by atoms with Crippen molar-refractivity contribution < 1.29 is 32.5 Å². The van der Waals surface area contributed by atoms with Crippen molar-refractivity contribution in [3.05, 3.63) is 54.2 Å². The van der Waals surface area contributed by atoms with E-state index in [1.165, 1.54) is 23.9 Å². The van der Waals surface area contributed by atoms with E-state index in [0.29, 0.717) is 17.0 Å². The summed E-state index contributed by atoms with van der Waals surface area (Å²) in [5, 5.41) is 16.9. The van der Waals surface area contributed by atoms with Crippen LogP contribution in [0.3, 0.4) is 0 Å². The molecular formula is C17H12F3N3O4. The third-order valence-corrected chi connectivity index (χ3v) is 3.53. The zero-order valence-corrected chi connectivity index (χ0v) is 13.8. The fraction of sp³-hybridized carbons (Fsp3) is 0.118. The first-order chi connectivity index (χ1) is 12.8. The minimum Gasteiger partial charge on any atom is -0.497 e. The van der Waals surface area contributed by atoms with Crippen LogP contribution >= 0.6 is 0 Å². The lowest BCUT2D eigenvalue weighted by Gasteiger charge is -2.11. The Kier molecular flexibility index (Phi) is 4.72. The lowest BCUT2D eigenvalue weighted by molar-refractivity contribution is -0.274. The number of ether oxygens (including phenoxy) is 2. The van der Waals surface area contributed by atoms with E-state index in [-0.39, 0.29) is 11.4 Å². The number of aromatic carboxylic acids is 1. The molecule has 0 fully saturated rings. The minimum absolute atomic E-state index is 0.158. The molecular weight excluding hydrogens is 367 g/mol. The zero-order valence-electron chi connectivity index (χ0n) is 13.8. The van der Waals surface area contributed by atoms with Crippen molar-refractivity contribution in [1.82, 2.24) is 15.0 Å². The second-order valence-corrected chi connectivity index (χ2v) is 5.28. The predicted molar refractivity (Wildman–Crippen MR) is 87.0 cm³/mol. The number of hydrogen-bond donors (Lipinski definition) is 1. The summed E-state index contributed by atoms with van der Waals surface area (Å²) in [6, 6.07) is 11.4. The molecule has 0 aliphatic carbocycles. The van der Waals surface area contributed by atoms with Gasteiger partial charge in [-0.05, 0) is 36.4 Å². The molecule has 0 aliphatic heterocycles. The summed E-state index contributed by atoms with van der Waals surface area (Å²) in [7, 11) is 1.46. The van der Waals surface area contributed by atoms with Crippen LogP contribution in [-0.2, 0) is 0 Å². The van der Waals surface area contributed by atoms with E-state index in [1.807, 2.05) is 0 Å². The molecule has 7 nitrogen and oxygen atoms in total. The van der Waals surface area contributed by atoms with Crippen LogP contribution in [0.2, 0.25) is 0 Å². The molecule has 1 heterocycles. The average Bonchev–Trinajstić information content (AvgIpc) is 3.06. The maximum Gasteiger partial charge on any atom is 0.573 e. The van der Waals surface area contributed by atoms with Crippen LogP contribution in [-0.4, -0.2) is 39.5 Å². The van der Waals surface area contributed by atoms with Gasteiger partial charge in [-0.1, -0.05) is 17.3 Å². The fourth-order valence-electron chi connectivity index (χ4n) is 2.43. The molecule has 3 rings (SSSR count). The summed E-state index contributed by atoms with van der Waals surface area (Å²) < 4.78 is 47.0. The monoisotopic (exact) mass is 379 g/mol. The van der Waals surface area contributed by atoms with Crippen LogP contribution in [0, 0.1) is 0 Å². The summed E-state index contributed by atoms with van der Waals surface area (Å²) in [6.07, 6.45) is -4.81. The van der Waals surface area contributed by atoms with Gasteiger partial charge in [0.25, 0.3) is 0 Å². The summed E-state index contributed by atoms with van der Waals surface area (Å²) in [5.74, 6) is -1.21. The van der Waals surface area contributed by atoms with Gasteiger partial charge in [0.2, 0.25) is 0 Å². The lowest BCUT2D eigenvalue weighted by atomic mass is 10.1. The molecule has 27 heavy (non-hydrogen) atoms. The molecule has 0 saturated carbocycles. The first-order valence-electron chi connectivity index (χ1n) is 7.48. The Morgan fingerprint density at radius 1 is 1.11 bits per heavy atom. The molecule has 10 heteroatoms. The molecule has 0 amide bonds. The van der Waals surface area contributed by atoms with E-state index in [0.717, 1.165) is 12.1 Å². The van der Waals surface area contributed by atoms with Gasteiger partial charge in [0.15, 0.2) is 5.69 Å². The number of benzene rings is 2. The van der Waals surface area contributed by atoms with Crippen molar-refractivity contribution in [2.24, 2.45) is 0 Å². The van der Waals surface area contributed by atoms with Crippen molar-refractivity contribution in [2.45, 2.75) is 6.36 Å². The zero-order chi connectivity index (χ0) is 19.6. The molecule has 0 spiro atoms. The van der Waals surface area contributed by atoms with E-state index in [9.17, 15) is 23.1 Å². The number of methoxy groups -OCH3 is 1. The number of rotatable bonds is 5. The number of carboxylic acid groups (broad SMARTS) is 1. The minimum atomic E-state index is -4.81. The Labute approximate surface area is 150 Å². The largest absolute Gasteiger partial charge is 0.573 e. The van der Waals surface area contributed by atoms with Crippen molar-refractivity contribution in [1.29, 1.82) is 0 Å². The van der Waals surface area contributed by atoms with Crippen molar-refractivity contribution in [3.63, 3.8) is 0 Å². The molecule has 0 atom stereocenters. The van der Waals surface area contributed by atoms with Crippen LogP contribution in [0.25, 0.3) is 16.9 Å². The Hall–Kier alpha value is -3.56. The number of nitrogens with zero attached hydrogens (tertiary/aromatic N) is 3. The molecule has 0 unspecified atom stereocenters. The first-order valence-corrected chi connectivity index (χ1v) is 7.48. The Bertz CT molecular complexity index is 968. The highest BCUT2D eigenvalue weighted by atomic mass is 19.4. The van der Waals surface area contributed by atoms with Gasteiger partial charge >= 0.3 is 12.3 Å². The van der Waals surface area contributed by atoms with Gasteiger partial charge in [0.05, 0.1) is 12.8 Å². The second-order valence-electron chi connectivity index (χ2n) is 5.28. The van der Waals surface area contributed by atoms with Crippen LogP contribution in [0.15, 0.2) is 48.5 Å². The summed E-state index contributed by atoms with van der Waals surface area (Å²) >= 11 is 0. The highest BCUT2D eigenvalue weighted by molar-refractivity contribution is 5.93. The first kappa shape index (κ1) is 18.2.